The number of rotatable bonds is 2. The number of alkyl halides is 1. The van der Waals surface area contributed by atoms with Crippen molar-refractivity contribution in [3.63, 3.8) is 0 Å². The number of hydrogen-bond acceptors (Lipinski definition) is 4. The second kappa shape index (κ2) is 6.43. The standard InChI is InChI=1S/C19H18ClF2NO3S/c1-27(25,26)16-5-4-15(12-9-14(22)19(24)17(12)16)23-6-2-3-10-7-11(21)8-13(20)18(10)23/h4-5,7-8,14,19,24H,2-3,6,9H2,1H3/t14-,19-/m1/s1. The van der Waals surface area contributed by atoms with Gasteiger partial charge in [0.25, 0.3) is 0 Å². The molecule has 1 aliphatic carbocycles. The molecule has 4 rings (SSSR count). The molecule has 2 aromatic carbocycles. The number of aryl methyl sites for hydroxylation is 1. The van der Waals surface area contributed by atoms with Crippen LogP contribution in [0.1, 0.15) is 29.2 Å². The second-order valence-electron chi connectivity index (χ2n) is 7.06. The summed E-state index contributed by atoms with van der Waals surface area (Å²) in [5, 5.41) is 10.5. The zero-order valence-corrected chi connectivity index (χ0v) is 16.1. The molecular weight excluding hydrogens is 396 g/mol. The van der Waals surface area contributed by atoms with E-state index in [0.717, 1.165) is 18.2 Å². The average molecular weight is 414 g/mol. The molecule has 2 aliphatic rings. The van der Waals surface area contributed by atoms with Crippen LogP contribution in [0.15, 0.2) is 29.2 Å². The van der Waals surface area contributed by atoms with Crippen molar-refractivity contribution in [3.05, 3.63) is 51.8 Å². The van der Waals surface area contributed by atoms with Crippen LogP contribution in [0.2, 0.25) is 5.02 Å². The van der Waals surface area contributed by atoms with Crippen molar-refractivity contribution in [2.75, 3.05) is 17.7 Å². The summed E-state index contributed by atoms with van der Waals surface area (Å²) in [6.07, 6.45) is -0.693. The molecular formula is C19H18ClF2NO3S. The number of hydrogen-bond donors (Lipinski definition) is 1. The number of benzene rings is 2. The largest absolute Gasteiger partial charge is 0.385 e. The fourth-order valence-electron chi connectivity index (χ4n) is 4.13. The first-order chi connectivity index (χ1) is 12.7. The van der Waals surface area contributed by atoms with Gasteiger partial charge in [0.2, 0.25) is 0 Å². The number of aliphatic hydroxyl groups excluding tert-OH is 1. The van der Waals surface area contributed by atoms with Gasteiger partial charge < -0.3 is 10.0 Å². The van der Waals surface area contributed by atoms with E-state index in [1.54, 1.807) is 6.07 Å². The maximum Gasteiger partial charge on any atom is 0.175 e. The molecule has 0 saturated carbocycles. The zero-order chi connectivity index (χ0) is 19.5. The lowest BCUT2D eigenvalue weighted by molar-refractivity contribution is 0.0907. The van der Waals surface area contributed by atoms with Crippen molar-refractivity contribution in [1.82, 2.24) is 0 Å². The summed E-state index contributed by atoms with van der Waals surface area (Å²) in [7, 11) is -3.63. The average Bonchev–Trinajstić information content (AvgIpc) is 2.87. The van der Waals surface area contributed by atoms with Crippen molar-refractivity contribution in [2.24, 2.45) is 0 Å². The van der Waals surface area contributed by atoms with Gasteiger partial charge in [-0.05, 0) is 48.2 Å². The molecule has 1 heterocycles. The minimum absolute atomic E-state index is 0.0589. The quantitative estimate of drug-likeness (QED) is 0.811. The topological polar surface area (TPSA) is 57.6 Å². The van der Waals surface area contributed by atoms with E-state index in [-0.39, 0.29) is 21.9 Å². The molecule has 144 valence electrons. The second-order valence-corrected chi connectivity index (χ2v) is 9.45. The van der Waals surface area contributed by atoms with E-state index < -0.39 is 27.9 Å². The molecule has 0 amide bonds. The Hall–Kier alpha value is -1.70. The van der Waals surface area contributed by atoms with Crippen molar-refractivity contribution >= 4 is 32.8 Å². The molecule has 0 bridgehead atoms. The molecule has 2 aromatic rings. The van der Waals surface area contributed by atoms with E-state index in [0.29, 0.717) is 29.9 Å². The van der Waals surface area contributed by atoms with E-state index >= 15 is 0 Å². The van der Waals surface area contributed by atoms with Crippen LogP contribution < -0.4 is 4.90 Å². The van der Waals surface area contributed by atoms with Gasteiger partial charge in [-0.3, -0.25) is 0 Å². The van der Waals surface area contributed by atoms with Crippen LogP contribution in [0, 0.1) is 5.82 Å². The Morgan fingerprint density at radius 2 is 2.04 bits per heavy atom. The van der Waals surface area contributed by atoms with E-state index in [9.17, 15) is 22.3 Å². The molecule has 0 fully saturated rings. The molecule has 0 radical (unpaired) electrons. The third-order valence-corrected chi connectivity index (χ3v) is 6.67. The minimum Gasteiger partial charge on any atom is -0.385 e. The van der Waals surface area contributed by atoms with Crippen molar-refractivity contribution < 1.29 is 22.3 Å². The van der Waals surface area contributed by atoms with Crippen LogP contribution in [-0.2, 0) is 22.7 Å². The summed E-state index contributed by atoms with van der Waals surface area (Å²) in [6.45, 7) is 0.579. The molecule has 2 atom stereocenters. The molecule has 8 heteroatoms. The first-order valence-electron chi connectivity index (χ1n) is 8.62. The normalized spacial score (nSPS) is 21.9. The summed E-state index contributed by atoms with van der Waals surface area (Å²) in [5.74, 6) is -0.419. The number of sulfone groups is 1. The maximum atomic E-state index is 14.3. The molecule has 0 spiro atoms. The summed E-state index contributed by atoms with van der Waals surface area (Å²) in [5.41, 5.74) is 2.59. The Labute approximate surface area is 161 Å². The van der Waals surface area contributed by atoms with Crippen LogP contribution in [0.3, 0.4) is 0 Å². The van der Waals surface area contributed by atoms with Crippen LogP contribution in [0.25, 0.3) is 0 Å². The smallest absolute Gasteiger partial charge is 0.175 e. The lowest BCUT2D eigenvalue weighted by Crippen LogP contribution is -2.26. The van der Waals surface area contributed by atoms with Gasteiger partial charge in [-0.15, -0.1) is 0 Å². The molecule has 0 unspecified atom stereocenters. The predicted octanol–water partition coefficient (Wildman–Crippen LogP) is 3.89. The predicted molar refractivity (Wildman–Crippen MR) is 99.8 cm³/mol. The van der Waals surface area contributed by atoms with Gasteiger partial charge in [0.05, 0.1) is 15.6 Å². The summed E-state index contributed by atoms with van der Waals surface area (Å²) < 4.78 is 52.3. The van der Waals surface area contributed by atoms with Gasteiger partial charge in [-0.25, -0.2) is 17.2 Å². The first kappa shape index (κ1) is 18.7. The van der Waals surface area contributed by atoms with Gasteiger partial charge >= 0.3 is 0 Å². The maximum absolute atomic E-state index is 14.3. The van der Waals surface area contributed by atoms with E-state index in [1.807, 2.05) is 4.90 Å². The highest BCUT2D eigenvalue weighted by Crippen LogP contribution is 2.47. The van der Waals surface area contributed by atoms with Gasteiger partial charge in [0.1, 0.15) is 18.1 Å². The van der Waals surface area contributed by atoms with Crippen LogP contribution in [0.5, 0.6) is 0 Å². The number of fused-ring (bicyclic) bond motifs is 2. The fourth-order valence-corrected chi connectivity index (χ4v) is 5.41. The third kappa shape index (κ3) is 3.02. The summed E-state index contributed by atoms with van der Waals surface area (Å²) in [4.78, 5) is 1.81. The number of nitrogens with zero attached hydrogens (tertiary/aromatic N) is 1. The Balaban J connectivity index is 1.94. The minimum atomic E-state index is -3.63. The Morgan fingerprint density at radius 1 is 1.30 bits per heavy atom. The molecule has 4 nitrogen and oxygen atoms in total. The lowest BCUT2D eigenvalue weighted by Gasteiger charge is -2.34. The SMILES string of the molecule is CS(=O)(=O)c1ccc(N2CCCc3cc(F)cc(Cl)c32)c2c1[C@H](O)[C@H](F)C2. The van der Waals surface area contributed by atoms with Crippen molar-refractivity contribution in [3.8, 4) is 0 Å². The van der Waals surface area contributed by atoms with Gasteiger partial charge in [0.15, 0.2) is 9.84 Å². The molecule has 0 aromatic heterocycles. The molecule has 1 aliphatic heterocycles. The van der Waals surface area contributed by atoms with Crippen LogP contribution in [-0.4, -0.2) is 32.5 Å². The van der Waals surface area contributed by atoms with E-state index in [4.69, 9.17) is 11.6 Å². The highest BCUT2D eigenvalue weighted by atomic mass is 35.5. The lowest BCUT2D eigenvalue weighted by atomic mass is 9.98. The van der Waals surface area contributed by atoms with E-state index in [2.05, 4.69) is 0 Å². The highest BCUT2D eigenvalue weighted by Gasteiger charge is 2.38. The molecule has 0 saturated heterocycles. The number of aliphatic hydroxyl groups is 1. The van der Waals surface area contributed by atoms with E-state index in [1.165, 1.54) is 18.2 Å². The van der Waals surface area contributed by atoms with Crippen molar-refractivity contribution in [2.45, 2.75) is 36.4 Å². The Bertz CT molecular complexity index is 1040. The monoisotopic (exact) mass is 413 g/mol. The third-order valence-electron chi connectivity index (χ3n) is 5.22. The van der Waals surface area contributed by atoms with Crippen LogP contribution >= 0.6 is 11.6 Å². The highest BCUT2D eigenvalue weighted by molar-refractivity contribution is 7.90. The van der Waals surface area contributed by atoms with Crippen LogP contribution in [0.4, 0.5) is 20.2 Å². The summed E-state index contributed by atoms with van der Waals surface area (Å²) in [6, 6.07) is 5.69. The van der Waals surface area contributed by atoms with Crippen molar-refractivity contribution in [1.29, 1.82) is 0 Å². The fraction of sp³-hybridized carbons (Fsp3) is 0.368. The number of anilines is 2. The molecule has 27 heavy (non-hydrogen) atoms. The zero-order valence-electron chi connectivity index (χ0n) is 14.5. The van der Waals surface area contributed by atoms with Gasteiger partial charge in [-0.1, -0.05) is 11.6 Å². The van der Waals surface area contributed by atoms with Gasteiger partial charge in [0, 0.05) is 30.5 Å². The molecule has 1 N–H and O–H groups in total. The number of halogens is 3. The first-order valence-corrected chi connectivity index (χ1v) is 10.9. The van der Waals surface area contributed by atoms with Gasteiger partial charge in [-0.2, -0.15) is 0 Å². The Morgan fingerprint density at radius 3 is 2.74 bits per heavy atom. The Kier molecular flexibility index (Phi) is 4.44. The summed E-state index contributed by atoms with van der Waals surface area (Å²) >= 11 is 6.30.